The summed E-state index contributed by atoms with van der Waals surface area (Å²) in [6, 6.07) is 2.76. The SMILES string of the molecule is CC1CCN(C(=O)C(CCn2nccc2C#N)NC(=O)O)CC1. The van der Waals surface area contributed by atoms with Crippen LogP contribution in [0.5, 0.6) is 0 Å². The molecule has 0 radical (unpaired) electrons. The third kappa shape index (κ3) is 4.45. The van der Waals surface area contributed by atoms with Gasteiger partial charge in [0.15, 0.2) is 0 Å². The number of nitrogens with zero attached hydrogens (tertiary/aromatic N) is 4. The molecule has 1 aromatic heterocycles. The molecule has 0 bridgehead atoms. The summed E-state index contributed by atoms with van der Waals surface area (Å²) in [5.74, 6) is 0.386. The number of hydrogen-bond acceptors (Lipinski definition) is 4. The number of carboxylic acid groups (broad SMARTS) is 1. The highest BCUT2D eigenvalue weighted by atomic mass is 16.4. The average Bonchev–Trinajstić information content (AvgIpc) is 2.98. The van der Waals surface area contributed by atoms with E-state index in [1.807, 2.05) is 6.07 Å². The molecule has 0 saturated carbocycles. The second kappa shape index (κ2) is 7.63. The molecule has 124 valence electrons. The molecule has 1 atom stereocenters. The van der Waals surface area contributed by atoms with E-state index in [0.29, 0.717) is 31.2 Å². The van der Waals surface area contributed by atoms with Crippen molar-refractivity contribution in [2.24, 2.45) is 5.92 Å². The minimum atomic E-state index is -1.23. The van der Waals surface area contributed by atoms with Gasteiger partial charge in [0.1, 0.15) is 17.8 Å². The molecule has 1 aromatic rings. The first-order valence-corrected chi connectivity index (χ1v) is 7.71. The van der Waals surface area contributed by atoms with Crippen LogP contribution in [-0.4, -0.2) is 50.9 Å². The Labute approximate surface area is 134 Å². The largest absolute Gasteiger partial charge is 0.465 e. The zero-order valence-corrected chi connectivity index (χ0v) is 13.1. The number of likely N-dealkylation sites (tertiary alicyclic amines) is 1. The van der Waals surface area contributed by atoms with Crippen LogP contribution in [0.4, 0.5) is 4.79 Å². The molecule has 23 heavy (non-hydrogen) atoms. The predicted octanol–water partition coefficient (Wildman–Crippen LogP) is 1.04. The van der Waals surface area contributed by atoms with Crippen molar-refractivity contribution in [3.63, 3.8) is 0 Å². The summed E-state index contributed by atoms with van der Waals surface area (Å²) in [6.45, 7) is 3.76. The fourth-order valence-electron chi connectivity index (χ4n) is 2.71. The molecule has 0 aliphatic carbocycles. The summed E-state index contributed by atoms with van der Waals surface area (Å²) in [4.78, 5) is 25.3. The van der Waals surface area contributed by atoms with Crippen LogP contribution in [0.25, 0.3) is 0 Å². The average molecular weight is 319 g/mol. The van der Waals surface area contributed by atoms with Gasteiger partial charge in [0.2, 0.25) is 5.91 Å². The lowest BCUT2D eigenvalue weighted by atomic mass is 9.98. The predicted molar refractivity (Wildman–Crippen MR) is 81.5 cm³/mol. The van der Waals surface area contributed by atoms with Gasteiger partial charge in [-0.1, -0.05) is 6.92 Å². The van der Waals surface area contributed by atoms with Crippen molar-refractivity contribution in [3.8, 4) is 6.07 Å². The maximum absolute atomic E-state index is 12.6. The third-order valence-electron chi connectivity index (χ3n) is 4.15. The normalized spacial score (nSPS) is 16.6. The minimum absolute atomic E-state index is 0.204. The van der Waals surface area contributed by atoms with E-state index in [4.69, 9.17) is 10.4 Å². The summed E-state index contributed by atoms with van der Waals surface area (Å²) in [6.07, 6.45) is 2.40. The monoisotopic (exact) mass is 319 g/mol. The van der Waals surface area contributed by atoms with Crippen LogP contribution in [0, 0.1) is 17.2 Å². The molecular formula is C15H21N5O3. The van der Waals surface area contributed by atoms with Gasteiger partial charge in [0.25, 0.3) is 0 Å². The third-order valence-corrected chi connectivity index (χ3v) is 4.15. The summed E-state index contributed by atoms with van der Waals surface area (Å²) in [7, 11) is 0. The molecule has 1 aliphatic heterocycles. The van der Waals surface area contributed by atoms with Crippen molar-refractivity contribution in [2.75, 3.05) is 13.1 Å². The van der Waals surface area contributed by atoms with Crippen LogP contribution in [0.1, 0.15) is 31.9 Å². The Hall–Kier alpha value is -2.56. The van der Waals surface area contributed by atoms with Gasteiger partial charge in [0.05, 0.1) is 6.20 Å². The Kier molecular flexibility index (Phi) is 5.57. The number of piperidine rings is 1. The number of hydrogen-bond donors (Lipinski definition) is 2. The van der Waals surface area contributed by atoms with Crippen molar-refractivity contribution in [1.29, 1.82) is 5.26 Å². The Bertz CT molecular complexity index is 598. The lowest BCUT2D eigenvalue weighted by Gasteiger charge is -2.33. The van der Waals surface area contributed by atoms with E-state index in [9.17, 15) is 9.59 Å². The highest BCUT2D eigenvalue weighted by Gasteiger charge is 2.28. The van der Waals surface area contributed by atoms with E-state index in [1.54, 1.807) is 11.0 Å². The van der Waals surface area contributed by atoms with Gasteiger partial charge in [-0.15, -0.1) is 0 Å². The van der Waals surface area contributed by atoms with Crippen LogP contribution in [0.2, 0.25) is 0 Å². The second-order valence-electron chi connectivity index (χ2n) is 5.85. The zero-order valence-electron chi connectivity index (χ0n) is 13.1. The van der Waals surface area contributed by atoms with E-state index in [2.05, 4.69) is 17.3 Å². The van der Waals surface area contributed by atoms with Gasteiger partial charge < -0.3 is 15.3 Å². The number of amides is 2. The Balaban J connectivity index is 2.00. The van der Waals surface area contributed by atoms with Crippen molar-refractivity contribution >= 4 is 12.0 Å². The summed E-state index contributed by atoms with van der Waals surface area (Å²) >= 11 is 0. The summed E-state index contributed by atoms with van der Waals surface area (Å²) < 4.78 is 1.47. The van der Waals surface area contributed by atoms with Crippen molar-refractivity contribution < 1.29 is 14.7 Å². The number of nitriles is 1. The summed E-state index contributed by atoms with van der Waals surface area (Å²) in [5, 5.41) is 24.2. The fraction of sp³-hybridized carbons (Fsp3) is 0.600. The molecule has 1 unspecified atom stereocenters. The number of carbonyl (C=O) groups is 2. The number of aromatic nitrogens is 2. The molecule has 2 N–H and O–H groups in total. The number of rotatable bonds is 5. The van der Waals surface area contributed by atoms with Crippen molar-refractivity contribution in [1.82, 2.24) is 20.0 Å². The standard InChI is InChI=1S/C15H21N5O3/c1-11-3-7-19(8-4-11)14(21)13(18-15(22)23)5-9-20-12(10-16)2-6-17-20/h2,6,11,13,18H,3-5,7-9H2,1H3,(H,22,23). The molecule has 1 aliphatic rings. The smallest absolute Gasteiger partial charge is 0.405 e. The molecule has 8 heteroatoms. The van der Waals surface area contributed by atoms with Gasteiger partial charge in [-0.2, -0.15) is 10.4 Å². The number of nitrogens with one attached hydrogen (secondary N) is 1. The first-order valence-electron chi connectivity index (χ1n) is 7.71. The molecule has 1 saturated heterocycles. The molecule has 0 aromatic carbocycles. The van der Waals surface area contributed by atoms with Gasteiger partial charge >= 0.3 is 6.09 Å². The molecule has 2 rings (SSSR count). The van der Waals surface area contributed by atoms with E-state index >= 15 is 0 Å². The number of carbonyl (C=O) groups excluding carboxylic acids is 1. The lowest BCUT2D eigenvalue weighted by Crippen LogP contribution is -2.50. The molecule has 8 nitrogen and oxygen atoms in total. The van der Waals surface area contributed by atoms with Gasteiger partial charge in [-0.25, -0.2) is 4.79 Å². The maximum Gasteiger partial charge on any atom is 0.405 e. The highest BCUT2D eigenvalue weighted by Crippen LogP contribution is 2.17. The number of aryl methyl sites for hydroxylation is 1. The van der Waals surface area contributed by atoms with Crippen molar-refractivity contribution in [2.45, 2.75) is 38.8 Å². The minimum Gasteiger partial charge on any atom is -0.465 e. The van der Waals surface area contributed by atoms with E-state index in [0.717, 1.165) is 12.8 Å². The first kappa shape index (κ1) is 16.8. The van der Waals surface area contributed by atoms with Crippen LogP contribution < -0.4 is 5.32 Å². The lowest BCUT2D eigenvalue weighted by molar-refractivity contribution is -0.134. The second-order valence-corrected chi connectivity index (χ2v) is 5.85. The Morgan fingerprint density at radius 1 is 1.52 bits per heavy atom. The summed E-state index contributed by atoms with van der Waals surface area (Å²) in [5.41, 5.74) is 0.387. The van der Waals surface area contributed by atoms with Gasteiger partial charge in [-0.05, 0) is 31.2 Å². The molecule has 0 spiro atoms. The van der Waals surface area contributed by atoms with E-state index in [-0.39, 0.29) is 12.3 Å². The van der Waals surface area contributed by atoms with E-state index in [1.165, 1.54) is 10.9 Å². The Morgan fingerprint density at radius 3 is 2.83 bits per heavy atom. The fourth-order valence-corrected chi connectivity index (χ4v) is 2.71. The van der Waals surface area contributed by atoms with Crippen LogP contribution in [0.3, 0.4) is 0 Å². The van der Waals surface area contributed by atoms with Crippen molar-refractivity contribution in [3.05, 3.63) is 18.0 Å². The highest BCUT2D eigenvalue weighted by molar-refractivity contribution is 5.85. The molecular weight excluding hydrogens is 298 g/mol. The molecule has 2 amide bonds. The first-order chi connectivity index (χ1) is 11.0. The quantitative estimate of drug-likeness (QED) is 0.842. The zero-order chi connectivity index (χ0) is 16.8. The topological polar surface area (TPSA) is 111 Å². The Morgan fingerprint density at radius 2 is 2.22 bits per heavy atom. The maximum atomic E-state index is 12.6. The van der Waals surface area contributed by atoms with E-state index < -0.39 is 12.1 Å². The molecule has 1 fully saturated rings. The van der Waals surface area contributed by atoms with Crippen LogP contribution in [0.15, 0.2) is 12.3 Å². The molecule has 2 heterocycles. The van der Waals surface area contributed by atoms with Gasteiger partial charge in [0, 0.05) is 19.6 Å². The van der Waals surface area contributed by atoms with Gasteiger partial charge in [-0.3, -0.25) is 9.48 Å². The van der Waals surface area contributed by atoms with Crippen LogP contribution in [-0.2, 0) is 11.3 Å². The van der Waals surface area contributed by atoms with Crippen LogP contribution >= 0.6 is 0 Å².